The second kappa shape index (κ2) is 11.0. The molecule has 1 aliphatic rings. The Morgan fingerprint density at radius 1 is 1.03 bits per heavy atom. The summed E-state index contributed by atoms with van der Waals surface area (Å²) in [5.41, 5.74) is 2.81. The van der Waals surface area contributed by atoms with Crippen LogP contribution in [-0.2, 0) is 11.3 Å². The van der Waals surface area contributed by atoms with Gasteiger partial charge in [-0.3, -0.25) is 9.69 Å². The zero-order chi connectivity index (χ0) is 24.8. The van der Waals surface area contributed by atoms with Gasteiger partial charge in [0, 0.05) is 19.8 Å². The van der Waals surface area contributed by atoms with Gasteiger partial charge in [-0.2, -0.15) is 5.10 Å². The molecule has 8 nitrogen and oxygen atoms in total. The van der Waals surface area contributed by atoms with Crippen molar-refractivity contribution in [2.75, 3.05) is 33.2 Å². The molecule has 0 aliphatic carbocycles. The second-order valence-electron chi connectivity index (χ2n) is 7.81. The number of hydrogen-bond acceptors (Lipinski definition) is 8. The fourth-order valence-corrected chi connectivity index (χ4v) is 4.31. The number of amides is 1. The summed E-state index contributed by atoms with van der Waals surface area (Å²) in [5.74, 6) is 1.69. The van der Waals surface area contributed by atoms with Gasteiger partial charge < -0.3 is 18.8 Å². The van der Waals surface area contributed by atoms with E-state index in [1.165, 1.54) is 11.8 Å². The third-order valence-corrected chi connectivity index (χ3v) is 6.24. The SMILES string of the molecule is COc1ccc(/C=C2\S/C(=N/N=C\c3ccc(N(C)C)cc3)N(Cc3ccco3)C2=O)cc1OC. The van der Waals surface area contributed by atoms with Crippen LogP contribution < -0.4 is 14.4 Å². The van der Waals surface area contributed by atoms with Crippen LogP contribution in [0.4, 0.5) is 5.69 Å². The maximum Gasteiger partial charge on any atom is 0.267 e. The van der Waals surface area contributed by atoms with Gasteiger partial charge in [0.1, 0.15) is 5.76 Å². The number of carbonyl (C=O) groups is 1. The summed E-state index contributed by atoms with van der Waals surface area (Å²) in [6.45, 7) is 0.258. The lowest BCUT2D eigenvalue weighted by atomic mass is 10.2. The summed E-state index contributed by atoms with van der Waals surface area (Å²) < 4.78 is 16.1. The Bertz CT molecular complexity index is 1270. The molecule has 4 rings (SSSR count). The number of rotatable bonds is 8. The molecule has 0 radical (unpaired) electrons. The Morgan fingerprint density at radius 2 is 1.77 bits per heavy atom. The summed E-state index contributed by atoms with van der Waals surface area (Å²) in [6, 6.07) is 17.0. The monoisotopic (exact) mass is 490 g/mol. The predicted octanol–water partition coefficient (Wildman–Crippen LogP) is 4.87. The summed E-state index contributed by atoms with van der Waals surface area (Å²) in [5, 5.41) is 9.07. The number of methoxy groups -OCH3 is 2. The van der Waals surface area contributed by atoms with Gasteiger partial charge in [0.2, 0.25) is 0 Å². The highest BCUT2D eigenvalue weighted by Crippen LogP contribution is 2.35. The lowest BCUT2D eigenvalue weighted by Gasteiger charge is -2.12. The van der Waals surface area contributed by atoms with Crippen molar-refractivity contribution < 1.29 is 18.7 Å². The molecular formula is C26H26N4O4S. The third-order valence-electron chi connectivity index (χ3n) is 5.25. The Labute approximate surface area is 208 Å². The van der Waals surface area contributed by atoms with E-state index in [1.807, 2.05) is 61.5 Å². The molecule has 1 saturated heterocycles. The number of ether oxygens (including phenoxy) is 2. The number of furan rings is 1. The molecule has 35 heavy (non-hydrogen) atoms. The number of hydrogen-bond donors (Lipinski definition) is 0. The molecule has 1 aliphatic heterocycles. The minimum Gasteiger partial charge on any atom is -0.493 e. The molecule has 0 N–H and O–H groups in total. The molecule has 3 aromatic rings. The van der Waals surface area contributed by atoms with E-state index >= 15 is 0 Å². The van der Waals surface area contributed by atoms with Crippen LogP contribution >= 0.6 is 11.8 Å². The van der Waals surface area contributed by atoms with Gasteiger partial charge >= 0.3 is 0 Å². The van der Waals surface area contributed by atoms with Gasteiger partial charge in [-0.25, -0.2) is 0 Å². The van der Waals surface area contributed by atoms with E-state index in [4.69, 9.17) is 13.9 Å². The highest BCUT2D eigenvalue weighted by molar-refractivity contribution is 8.18. The molecule has 2 aromatic carbocycles. The van der Waals surface area contributed by atoms with Gasteiger partial charge in [-0.1, -0.05) is 18.2 Å². The molecule has 1 fully saturated rings. The predicted molar refractivity (Wildman–Crippen MR) is 140 cm³/mol. The van der Waals surface area contributed by atoms with Gasteiger partial charge in [0.25, 0.3) is 5.91 Å². The molecule has 2 heterocycles. The van der Waals surface area contributed by atoms with Crippen LogP contribution in [0, 0.1) is 0 Å². The smallest absolute Gasteiger partial charge is 0.267 e. The van der Waals surface area contributed by atoms with Crippen LogP contribution in [0.2, 0.25) is 0 Å². The molecule has 0 unspecified atom stereocenters. The number of nitrogens with zero attached hydrogens (tertiary/aromatic N) is 4. The van der Waals surface area contributed by atoms with Crippen LogP contribution in [0.3, 0.4) is 0 Å². The summed E-state index contributed by atoms with van der Waals surface area (Å²) >= 11 is 1.26. The van der Waals surface area contributed by atoms with Crippen molar-refractivity contribution in [2.24, 2.45) is 10.2 Å². The number of amidine groups is 1. The van der Waals surface area contributed by atoms with Gasteiger partial charge in [0.15, 0.2) is 16.7 Å². The fourth-order valence-electron chi connectivity index (χ4n) is 3.38. The minimum absolute atomic E-state index is 0.175. The molecule has 180 valence electrons. The average molecular weight is 491 g/mol. The summed E-state index contributed by atoms with van der Waals surface area (Å²) in [6.07, 6.45) is 5.05. The molecule has 0 atom stereocenters. The average Bonchev–Trinajstić information content (AvgIpc) is 3.48. The van der Waals surface area contributed by atoms with E-state index in [9.17, 15) is 4.79 Å². The van der Waals surface area contributed by atoms with Crippen LogP contribution in [0.15, 0.2) is 80.4 Å². The summed E-state index contributed by atoms with van der Waals surface area (Å²) in [4.78, 5) is 17.4. The zero-order valence-electron chi connectivity index (χ0n) is 20.0. The number of benzene rings is 2. The van der Waals surface area contributed by atoms with E-state index in [0.717, 1.165) is 16.8 Å². The number of thioether (sulfide) groups is 1. The Morgan fingerprint density at radius 3 is 2.43 bits per heavy atom. The highest BCUT2D eigenvalue weighted by Gasteiger charge is 2.34. The van der Waals surface area contributed by atoms with Gasteiger partial charge in [0.05, 0.1) is 38.1 Å². The maximum absolute atomic E-state index is 13.3. The maximum atomic E-state index is 13.3. The van der Waals surface area contributed by atoms with Crippen molar-refractivity contribution in [1.82, 2.24) is 4.90 Å². The van der Waals surface area contributed by atoms with E-state index in [2.05, 4.69) is 10.2 Å². The normalized spacial score (nSPS) is 16.0. The van der Waals surface area contributed by atoms with Crippen molar-refractivity contribution in [1.29, 1.82) is 0 Å². The minimum atomic E-state index is -0.175. The van der Waals surface area contributed by atoms with Gasteiger partial charge in [-0.05, 0) is 65.4 Å². The number of anilines is 1. The van der Waals surface area contributed by atoms with Crippen molar-refractivity contribution in [3.63, 3.8) is 0 Å². The van der Waals surface area contributed by atoms with E-state index in [0.29, 0.717) is 27.3 Å². The lowest BCUT2D eigenvalue weighted by Crippen LogP contribution is -2.28. The highest BCUT2D eigenvalue weighted by atomic mass is 32.2. The molecule has 1 amide bonds. The Balaban J connectivity index is 1.60. The first-order valence-corrected chi connectivity index (χ1v) is 11.6. The van der Waals surface area contributed by atoms with Crippen LogP contribution in [-0.4, -0.2) is 50.5 Å². The second-order valence-corrected chi connectivity index (χ2v) is 8.82. The topological polar surface area (TPSA) is 79.9 Å². The molecule has 0 saturated carbocycles. The third kappa shape index (κ3) is 5.75. The number of carbonyl (C=O) groups excluding carboxylic acids is 1. The first kappa shape index (κ1) is 24.2. The summed E-state index contributed by atoms with van der Waals surface area (Å²) in [7, 11) is 7.14. The van der Waals surface area contributed by atoms with Crippen molar-refractivity contribution in [3.05, 3.63) is 82.7 Å². The standard InChI is InChI=1S/C26H26N4O4S/c1-29(2)20-10-7-18(8-11-20)16-27-28-26-30(17-21-6-5-13-34-21)25(31)24(35-26)15-19-9-12-22(32-3)23(14-19)33-4/h5-16H,17H2,1-4H3/b24-15-,27-16-,28-26+. The van der Waals surface area contributed by atoms with Crippen molar-refractivity contribution in [2.45, 2.75) is 6.54 Å². The molecular weight excluding hydrogens is 464 g/mol. The quantitative estimate of drug-likeness (QED) is 0.255. The van der Waals surface area contributed by atoms with E-state index in [1.54, 1.807) is 49.8 Å². The Hall–Kier alpha value is -3.98. The van der Waals surface area contributed by atoms with Gasteiger partial charge in [-0.15, -0.1) is 5.10 Å². The Kier molecular flexibility index (Phi) is 7.57. The van der Waals surface area contributed by atoms with Crippen molar-refractivity contribution in [3.8, 4) is 11.5 Å². The lowest BCUT2D eigenvalue weighted by molar-refractivity contribution is -0.122. The van der Waals surface area contributed by atoms with Crippen LogP contribution in [0.25, 0.3) is 6.08 Å². The van der Waals surface area contributed by atoms with E-state index in [-0.39, 0.29) is 12.5 Å². The first-order valence-electron chi connectivity index (χ1n) is 10.8. The molecule has 0 spiro atoms. The molecule has 0 bridgehead atoms. The van der Waals surface area contributed by atoms with Crippen LogP contribution in [0.1, 0.15) is 16.9 Å². The fraction of sp³-hybridized carbons (Fsp3) is 0.192. The molecule has 9 heteroatoms. The first-order chi connectivity index (χ1) is 17.0. The molecule has 1 aromatic heterocycles. The zero-order valence-corrected chi connectivity index (χ0v) is 20.8. The van der Waals surface area contributed by atoms with Crippen molar-refractivity contribution >= 4 is 40.8 Å². The van der Waals surface area contributed by atoms with Crippen LogP contribution in [0.5, 0.6) is 11.5 Å². The van der Waals surface area contributed by atoms with E-state index < -0.39 is 0 Å². The largest absolute Gasteiger partial charge is 0.493 e.